The Morgan fingerprint density at radius 3 is 2.29 bits per heavy atom. The van der Waals surface area contributed by atoms with E-state index in [-0.39, 0.29) is 17.5 Å². The van der Waals surface area contributed by atoms with Crippen molar-refractivity contribution < 1.29 is 4.79 Å². The summed E-state index contributed by atoms with van der Waals surface area (Å²) in [5, 5.41) is 9.13. The maximum absolute atomic E-state index is 12.9. The molecule has 4 saturated carbocycles. The van der Waals surface area contributed by atoms with Crippen LogP contribution < -0.4 is 10.6 Å². The van der Waals surface area contributed by atoms with Gasteiger partial charge in [0.25, 0.3) is 0 Å². The highest BCUT2D eigenvalue weighted by Gasteiger charge is 2.51. The van der Waals surface area contributed by atoms with Crippen LogP contribution in [0.1, 0.15) is 60.6 Å². The van der Waals surface area contributed by atoms with Gasteiger partial charge in [-0.05, 0) is 80.2 Å². The van der Waals surface area contributed by atoms with Crippen molar-refractivity contribution in [1.29, 1.82) is 0 Å². The van der Waals surface area contributed by atoms with Crippen molar-refractivity contribution >= 4 is 17.2 Å². The summed E-state index contributed by atoms with van der Waals surface area (Å²) >= 11 is 1.74. The van der Waals surface area contributed by atoms with Gasteiger partial charge in [0, 0.05) is 10.4 Å². The van der Waals surface area contributed by atoms with Gasteiger partial charge in [0.2, 0.25) is 5.91 Å². The Labute approximate surface area is 171 Å². The first-order valence-electron chi connectivity index (χ1n) is 10.7. The number of rotatable bonds is 6. The molecule has 1 heterocycles. The van der Waals surface area contributed by atoms with E-state index in [1.54, 1.807) is 11.3 Å². The second kappa shape index (κ2) is 7.31. The monoisotopic (exact) mass is 394 g/mol. The Hall–Kier alpha value is -1.65. The lowest BCUT2D eigenvalue weighted by Gasteiger charge is -2.56. The van der Waals surface area contributed by atoms with Gasteiger partial charge in [0.1, 0.15) is 0 Å². The fourth-order valence-corrected chi connectivity index (χ4v) is 7.22. The van der Waals surface area contributed by atoms with Crippen LogP contribution in [0.25, 0.3) is 0 Å². The van der Waals surface area contributed by atoms with Crippen molar-refractivity contribution in [2.75, 3.05) is 6.54 Å². The van der Waals surface area contributed by atoms with Gasteiger partial charge >= 0.3 is 0 Å². The summed E-state index contributed by atoms with van der Waals surface area (Å²) in [6, 6.07) is 12.9. The molecule has 4 heteroatoms. The van der Waals surface area contributed by atoms with Crippen molar-refractivity contribution in [3.8, 4) is 0 Å². The summed E-state index contributed by atoms with van der Waals surface area (Å²) in [7, 11) is 0. The molecular formula is C24H30N2OS. The van der Waals surface area contributed by atoms with E-state index in [1.807, 2.05) is 0 Å². The Balaban J connectivity index is 1.26. The summed E-state index contributed by atoms with van der Waals surface area (Å²) in [5.74, 6) is 2.72. The van der Waals surface area contributed by atoms with Crippen LogP contribution in [0, 0.1) is 24.7 Å². The molecule has 1 amide bonds. The van der Waals surface area contributed by atoms with E-state index < -0.39 is 0 Å². The van der Waals surface area contributed by atoms with Crippen LogP contribution in [0.5, 0.6) is 0 Å². The number of aryl methyl sites for hydroxylation is 1. The molecule has 6 rings (SSSR count). The number of amides is 1. The molecule has 4 fully saturated rings. The topological polar surface area (TPSA) is 41.1 Å². The summed E-state index contributed by atoms with van der Waals surface area (Å²) in [6.45, 7) is 2.48. The van der Waals surface area contributed by atoms with Crippen LogP contribution in [0.2, 0.25) is 0 Å². The van der Waals surface area contributed by atoms with E-state index in [1.165, 1.54) is 54.5 Å². The molecule has 3 nitrogen and oxygen atoms in total. The third-order valence-corrected chi connectivity index (χ3v) is 8.09. The van der Waals surface area contributed by atoms with Gasteiger partial charge in [-0.2, -0.15) is 0 Å². The number of carbonyl (C=O) groups is 1. The fourth-order valence-electron chi connectivity index (χ4n) is 6.40. The van der Waals surface area contributed by atoms with Gasteiger partial charge in [0.15, 0.2) is 0 Å². The Bertz CT molecular complexity index is 792. The van der Waals surface area contributed by atoms with Crippen LogP contribution in [0.3, 0.4) is 0 Å². The Morgan fingerprint density at radius 1 is 1.07 bits per heavy atom. The second-order valence-electron chi connectivity index (χ2n) is 9.49. The second-order valence-corrected chi connectivity index (χ2v) is 10.5. The SMILES string of the molecule is Cc1ccc([C@H](NCC(=O)NC23CC4CC(CC(C4)C2)C3)c2cccs2)cc1. The number of carbonyl (C=O) groups excluding carboxylic acids is 1. The highest BCUT2D eigenvalue weighted by Crippen LogP contribution is 2.55. The molecule has 0 saturated heterocycles. The minimum absolute atomic E-state index is 0.0720. The molecule has 4 aliphatic rings. The van der Waals surface area contributed by atoms with Crippen molar-refractivity contribution in [2.45, 2.75) is 57.0 Å². The number of nitrogens with one attached hydrogen (secondary N) is 2. The van der Waals surface area contributed by atoms with E-state index in [2.05, 4.69) is 59.3 Å². The summed E-state index contributed by atoms with van der Waals surface area (Å²) in [6.07, 6.45) is 7.83. The van der Waals surface area contributed by atoms with Crippen LogP contribution in [0.4, 0.5) is 0 Å². The molecule has 0 radical (unpaired) electrons. The molecule has 0 unspecified atom stereocenters. The first-order chi connectivity index (χ1) is 13.6. The fraction of sp³-hybridized carbons (Fsp3) is 0.542. The lowest BCUT2D eigenvalue weighted by atomic mass is 9.53. The zero-order valence-corrected chi connectivity index (χ0v) is 17.4. The quantitative estimate of drug-likeness (QED) is 0.737. The minimum Gasteiger partial charge on any atom is -0.350 e. The molecule has 2 aromatic rings. The smallest absolute Gasteiger partial charge is 0.234 e. The highest BCUT2D eigenvalue weighted by atomic mass is 32.1. The highest BCUT2D eigenvalue weighted by molar-refractivity contribution is 7.10. The van der Waals surface area contributed by atoms with Crippen molar-refractivity contribution in [3.05, 3.63) is 57.8 Å². The van der Waals surface area contributed by atoms with Gasteiger partial charge in [-0.1, -0.05) is 35.9 Å². The zero-order valence-electron chi connectivity index (χ0n) is 16.6. The molecule has 0 spiro atoms. The lowest BCUT2D eigenvalue weighted by molar-refractivity contribution is -0.126. The maximum Gasteiger partial charge on any atom is 0.234 e. The van der Waals surface area contributed by atoms with Crippen LogP contribution in [-0.2, 0) is 4.79 Å². The van der Waals surface area contributed by atoms with Crippen LogP contribution >= 0.6 is 11.3 Å². The Morgan fingerprint density at radius 2 is 1.71 bits per heavy atom. The average molecular weight is 395 g/mol. The van der Waals surface area contributed by atoms with E-state index in [0.717, 1.165) is 17.8 Å². The van der Waals surface area contributed by atoms with Gasteiger partial charge in [-0.15, -0.1) is 11.3 Å². The predicted molar refractivity (Wildman–Crippen MR) is 114 cm³/mol. The normalized spacial score (nSPS) is 31.7. The molecule has 1 atom stereocenters. The van der Waals surface area contributed by atoms with Crippen molar-refractivity contribution in [1.82, 2.24) is 10.6 Å². The first kappa shape index (κ1) is 18.4. The number of benzene rings is 1. The van der Waals surface area contributed by atoms with Crippen molar-refractivity contribution in [2.24, 2.45) is 17.8 Å². The summed E-state index contributed by atoms with van der Waals surface area (Å²) < 4.78 is 0. The lowest BCUT2D eigenvalue weighted by Crippen LogP contribution is -2.60. The van der Waals surface area contributed by atoms with E-state index in [9.17, 15) is 4.79 Å². The minimum atomic E-state index is 0.0720. The van der Waals surface area contributed by atoms with E-state index >= 15 is 0 Å². The summed E-state index contributed by atoms with van der Waals surface area (Å²) in [4.78, 5) is 14.2. The number of hydrogen-bond acceptors (Lipinski definition) is 3. The van der Waals surface area contributed by atoms with Gasteiger partial charge in [0.05, 0.1) is 12.6 Å². The predicted octanol–water partition coefficient (Wildman–Crippen LogP) is 4.82. The third kappa shape index (κ3) is 3.65. The van der Waals surface area contributed by atoms with Gasteiger partial charge in [-0.25, -0.2) is 0 Å². The van der Waals surface area contributed by atoms with Gasteiger partial charge in [-0.3, -0.25) is 10.1 Å². The standard InChI is InChI=1S/C24H30N2OS/c1-16-4-6-20(7-5-16)23(21-3-2-8-28-21)25-15-22(27)26-24-12-17-9-18(13-24)11-19(10-17)14-24/h2-8,17-19,23,25H,9-15H2,1H3,(H,26,27)/t17?,18?,19?,23-,24?/m0/s1. The molecule has 4 aliphatic carbocycles. The number of hydrogen-bond donors (Lipinski definition) is 2. The zero-order chi connectivity index (χ0) is 19.1. The summed E-state index contributed by atoms with van der Waals surface area (Å²) in [5.41, 5.74) is 2.57. The molecular weight excluding hydrogens is 364 g/mol. The molecule has 28 heavy (non-hydrogen) atoms. The van der Waals surface area contributed by atoms with E-state index in [4.69, 9.17) is 0 Å². The van der Waals surface area contributed by atoms with Gasteiger partial charge < -0.3 is 5.32 Å². The maximum atomic E-state index is 12.9. The molecule has 2 N–H and O–H groups in total. The Kier molecular flexibility index (Phi) is 4.80. The molecule has 1 aromatic heterocycles. The molecule has 4 bridgehead atoms. The number of thiophene rings is 1. The van der Waals surface area contributed by atoms with Crippen LogP contribution in [0.15, 0.2) is 41.8 Å². The van der Waals surface area contributed by atoms with E-state index in [0.29, 0.717) is 6.54 Å². The first-order valence-corrected chi connectivity index (χ1v) is 11.6. The molecule has 148 valence electrons. The largest absolute Gasteiger partial charge is 0.350 e. The third-order valence-electron chi connectivity index (χ3n) is 7.15. The van der Waals surface area contributed by atoms with Crippen molar-refractivity contribution in [3.63, 3.8) is 0 Å². The van der Waals surface area contributed by atoms with Crippen LogP contribution in [-0.4, -0.2) is 18.0 Å². The molecule has 0 aliphatic heterocycles. The average Bonchev–Trinajstić information content (AvgIpc) is 3.16. The molecule has 1 aromatic carbocycles.